The number of carbonyl (C=O) groups is 3. The molecule has 9 heteroatoms. The summed E-state index contributed by atoms with van der Waals surface area (Å²) in [6.45, 7) is 3.51. The summed E-state index contributed by atoms with van der Waals surface area (Å²) in [4.78, 5) is 45.3. The lowest BCUT2D eigenvalue weighted by Gasteiger charge is -2.23. The standard InChI is InChI=1S/C30H24N2O6S/c1-3-37-29(36)27-18(2)31-30(39-27)32-24(20-13-10-16-22(17-20)38-21-14-8-5-9-15-21)23(26(34)28(32)35)25(33)19-11-6-4-7-12-19/h4-17,24,33H,3H2,1-2H3/b25-23+/t24-/m0/s1. The minimum Gasteiger partial charge on any atom is -0.507 e. The number of aromatic nitrogens is 1. The van der Waals surface area contributed by atoms with E-state index in [1.807, 2.05) is 30.3 Å². The number of para-hydroxylation sites is 1. The van der Waals surface area contributed by atoms with Crippen LogP contribution >= 0.6 is 11.3 Å². The number of aryl methyl sites for hydroxylation is 1. The number of ketones is 1. The molecule has 3 aromatic carbocycles. The van der Waals surface area contributed by atoms with Crippen molar-refractivity contribution in [3.8, 4) is 11.5 Å². The third kappa shape index (κ3) is 5.04. The van der Waals surface area contributed by atoms with Crippen molar-refractivity contribution in [1.29, 1.82) is 0 Å². The molecule has 1 saturated heterocycles. The number of rotatable bonds is 7. The molecule has 1 fully saturated rings. The topological polar surface area (TPSA) is 106 Å². The number of aliphatic hydroxyl groups excluding tert-OH is 1. The fourth-order valence-electron chi connectivity index (χ4n) is 4.34. The first-order valence-electron chi connectivity index (χ1n) is 12.2. The Morgan fingerprint density at radius 3 is 2.33 bits per heavy atom. The Hall–Kier alpha value is -4.76. The number of carbonyl (C=O) groups excluding carboxylic acids is 3. The van der Waals surface area contributed by atoms with E-state index in [0.717, 1.165) is 11.3 Å². The third-order valence-corrected chi connectivity index (χ3v) is 7.23. The first-order chi connectivity index (χ1) is 18.9. The third-order valence-electron chi connectivity index (χ3n) is 6.10. The van der Waals surface area contributed by atoms with Gasteiger partial charge in [0, 0.05) is 5.56 Å². The number of Topliss-reactive ketones (excluding diaryl/α,β-unsaturated/α-hetero) is 1. The minimum atomic E-state index is -1.02. The highest BCUT2D eigenvalue weighted by Gasteiger charge is 2.48. The molecule has 0 spiro atoms. The van der Waals surface area contributed by atoms with Gasteiger partial charge in [0.25, 0.3) is 5.78 Å². The maximum absolute atomic E-state index is 13.5. The lowest BCUT2D eigenvalue weighted by molar-refractivity contribution is -0.132. The van der Waals surface area contributed by atoms with Crippen molar-refractivity contribution in [1.82, 2.24) is 4.98 Å². The van der Waals surface area contributed by atoms with Gasteiger partial charge in [-0.15, -0.1) is 0 Å². The average Bonchev–Trinajstić information content (AvgIpc) is 3.46. The van der Waals surface area contributed by atoms with E-state index in [0.29, 0.717) is 28.3 Å². The van der Waals surface area contributed by atoms with E-state index in [1.165, 1.54) is 4.90 Å². The summed E-state index contributed by atoms with van der Waals surface area (Å²) in [7, 11) is 0. The molecule has 5 rings (SSSR count). The summed E-state index contributed by atoms with van der Waals surface area (Å²) in [5, 5.41) is 11.4. The molecule has 0 unspecified atom stereocenters. The number of amides is 1. The first kappa shape index (κ1) is 25.9. The second-order valence-corrected chi connectivity index (χ2v) is 9.63. The number of ether oxygens (including phenoxy) is 2. The van der Waals surface area contributed by atoms with E-state index >= 15 is 0 Å². The Labute approximate surface area is 228 Å². The fraction of sp³-hybridized carbons (Fsp3) is 0.133. The van der Waals surface area contributed by atoms with Crippen LogP contribution in [0.3, 0.4) is 0 Å². The molecular formula is C30H24N2O6S. The fourth-order valence-corrected chi connectivity index (χ4v) is 5.33. The molecule has 8 nitrogen and oxygen atoms in total. The number of anilines is 1. The summed E-state index contributed by atoms with van der Waals surface area (Å²) in [5.74, 6) is -1.50. The highest BCUT2D eigenvalue weighted by Crippen LogP contribution is 2.44. The van der Waals surface area contributed by atoms with Gasteiger partial charge in [-0.05, 0) is 43.7 Å². The molecule has 39 heavy (non-hydrogen) atoms. The molecule has 0 saturated carbocycles. The smallest absolute Gasteiger partial charge is 0.350 e. The van der Waals surface area contributed by atoms with Crippen LogP contribution in [0, 0.1) is 6.92 Å². The van der Waals surface area contributed by atoms with E-state index in [2.05, 4.69) is 4.98 Å². The summed E-state index contributed by atoms with van der Waals surface area (Å²) in [6, 6.07) is 23.7. The van der Waals surface area contributed by atoms with Crippen LogP contribution < -0.4 is 9.64 Å². The Morgan fingerprint density at radius 1 is 0.974 bits per heavy atom. The molecule has 1 N–H and O–H groups in total. The van der Waals surface area contributed by atoms with Gasteiger partial charge >= 0.3 is 11.9 Å². The molecule has 1 amide bonds. The van der Waals surface area contributed by atoms with Gasteiger partial charge in [-0.3, -0.25) is 14.5 Å². The number of benzene rings is 3. The lowest BCUT2D eigenvalue weighted by atomic mass is 9.95. The second kappa shape index (κ2) is 10.9. The van der Waals surface area contributed by atoms with Gasteiger partial charge in [-0.1, -0.05) is 72.0 Å². The molecule has 1 aliphatic rings. The zero-order valence-corrected chi connectivity index (χ0v) is 22.0. The molecule has 0 bridgehead atoms. The van der Waals surface area contributed by atoms with Crippen molar-refractivity contribution in [2.24, 2.45) is 0 Å². The average molecular weight is 541 g/mol. The van der Waals surface area contributed by atoms with Gasteiger partial charge in [-0.25, -0.2) is 9.78 Å². The Kier molecular flexibility index (Phi) is 7.25. The molecule has 1 atom stereocenters. The van der Waals surface area contributed by atoms with Crippen LogP contribution in [0.15, 0.2) is 90.5 Å². The molecule has 1 aromatic heterocycles. The summed E-state index contributed by atoms with van der Waals surface area (Å²) >= 11 is 0.957. The van der Waals surface area contributed by atoms with Crippen LogP contribution in [0.5, 0.6) is 11.5 Å². The molecular weight excluding hydrogens is 516 g/mol. The van der Waals surface area contributed by atoms with Crippen LogP contribution in [0.4, 0.5) is 5.13 Å². The van der Waals surface area contributed by atoms with Crippen LogP contribution in [0.1, 0.15) is 39.5 Å². The van der Waals surface area contributed by atoms with Crippen LogP contribution in [0.2, 0.25) is 0 Å². The largest absolute Gasteiger partial charge is 0.507 e. The van der Waals surface area contributed by atoms with Gasteiger partial charge < -0.3 is 14.6 Å². The number of aliphatic hydroxyl groups is 1. The number of hydrogen-bond acceptors (Lipinski definition) is 8. The molecule has 196 valence electrons. The summed E-state index contributed by atoms with van der Waals surface area (Å²) in [6.07, 6.45) is 0. The Morgan fingerprint density at radius 2 is 1.64 bits per heavy atom. The molecule has 1 aliphatic heterocycles. The van der Waals surface area contributed by atoms with Crippen LogP contribution in [-0.4, -0.2) is 34.4 Å². The molecule has 4 aromatic rings. The Balaban J connectivity index is 1.66. The second-order valence-electron chi connectivity index (χ2n) is 8.65. The molecule has 0 radical (unpaired) electrons. The minimum absolute atomic E-state index is 0.0893. The monoisotopic (exact) mass is 540 g/mol. The van der Waals surface area contributed by atoms with Gasteiger partial charge in [0.2, 0.25) is 0 Å². The van der Waals surface area contributed by atoms with Crippen molar-refractivity contribution in [3.63, 3.8) is 0 Å². The normalized spacial score (nSPS) is 16.4. The zero-order valence-electron chi connectivity index (χ0n) is 21.2. The highest BCUT2D eigenvalue weighted by molar-refractivity contribution is 7.17. The maximum Gasteiger partial charge on any atom is 0.350 e. The Bertz CT molecular complexity index is 1580. The summed E-state index contributed by atoms with van der Waals surface area (Å²) in [5.41, 5.74) is 1.19. The van der Waals surface area contributed by atoms with Gasteiger partial charge in [-0.2, -0.15) is 0 Å². The number of nitrogens with zero attached hydrogens (tertiary/aromatic N) is 2. The number of thiazole rings is 1. The van der Waals surface area contributed by atoms with E-state index < -0.39 is 23.7 Å². The summed E-state index contributed by atoms with van der Waals surface area (Å²) < 4.78 is 11.1. The quantitative estimate of drug-likeness (QED) is 0.132. The van der Waals surface area contributed by atoms with E-state index in [1.54, 1.807) is 68.4 Å². The zero-order chi connectivity index (χ0) is 27.5. The van der Waals surface area contributed by atoms with E-state index in [-0.39, 0.29) is 27.9 Å². The van der Waals surface area contributed by atoms with Crippen molar-refractivity contribution >= 4 is 39.9 Å². The highest BCUT2D eigenvalue weighted by atomic mass is 32.1. The van der Waals surface area contributed by atoms with Crippen LogP contribution in [-0.2, 0) is 14.3 Å². The lowest BCUT2D eigenvalue weighted by Crippen LogP contribution is -2.29. The van der Waals surface area contributed by atoms with E-state index in [9.17, 15) is 19.5 Å². The van der Waals surface area contributed by atoms with Gasteiger partial charge in [0.1, 0.15) is 22.1 Å². The predicted molar refractivity (Wildman–Crippen MR) is 147 cm³/mol. The first-order valence-corrected chi connectivity index (χ1v) is 13.0. The number of hydrogen-bond donors (Lipinski definition) is 1. The maximum atomic E-state index is 13.5. The SMILES string of the molecule is CCOC(=O)c1sc(N2C(=O)C(=O)/C(=C(/O)c3ccccc3)[C@@H]2c2cccc(Oc3ccccc3)c2)nc1C. The van der Waals surface area contributed by atoms with Crippen molar-refractivity contribution in [3.05, 3.63) is 112 Å². The van der Waals surface area contributed by atoms with Crippen molar-refractivity contribution < 1.29 is 29.0 Å². The van der Waals surface area contributed by atoms with Crippen molar-refractivity contribution in [2.45, 2.75) is 19.9 Å². The van der Waals surface area contributed by atoms with Crippen molar-refractivity contribution in [2.75, 3.05) is 11.5 Å². The van der Waals surface area contributed by atoms with E-state index in [4.69, 9.17) is 9.47 Å². The molecule has 0 aliphatic carbocycles. The van der Waals surface area contributed by atoms with Crippen LogP contribution in [0.25, 0.3) is 5.76 Å². The van der Waals surface area contributed by atoms with Gasteiger partial charge in [0.05, 0.1) is 23.9 Å². The van der Waals surface area contributed by atoms with Gasteiger partial charge in [0.15, 0.2) is 5.13 Å². The predicted octanol–water partition coefficient (Wildman–Crippen LogP) is 6.05. The molecule has 2 heterocycles. The number of esters is 1.